The van der Waals surface area contributed by atoms with Gasteiger partial charge in [-0.15, -0.1) is 0 Å². The predicted octanol–water partition coefficient (Wildman–Crippen LogP) is 2.13. The standard InChI is InChI=1S/C11H21N3S/c1-10(2)12-7-11-8-14(9-13-11)5-4-6-15-3/h8-10,12H,4-7H2,1-3H3. The zero-order chi connectivity index (χ0) is 11.1. The number of thioether (sulfide) groups is 1. The van der Waals surface area contributed by atoms with E-state index in [2.05, 4.69) is 41.2 Å². The van der Waals surface area contributed by atoms with Crippen LogP contribution in [-0.4, -0.2) is 27.6 Å². The molecule has 1 heterocycles. The Balaban J connectivity index is 2.29. The minimum absolute atomic E-state index is 0.520. The normalized spacial score (nSPS) is 11.2. The summed E-state index contributed by atoms with van der Waals surface area (Å²) in [6.07, 6.45) is 7.42. The minimum Gasteiger partial charge on any atom is -0.337 e. The van der Waals surface area contributed by atoms with Crippen LogP contribution < -0.4 is 5.32 Å². The van der Waals surface area contributed by atoms with E-state index in [-0.39, 0.29) is 0 Å². The number of hydrogen-bond donors (Lipinski definition) is 1. The summed E-state index contributed by atoms with van der Waals surface area (Å²) in [6.45, 7) is 6.24. The molecule has 0 aliphatic carbocycles. The lowest BCUT2D eigenvalue weighted by Gasteiger charge is -2.04. The average molecular weight is 227 g/mol. The van der Waals surface area contributed by atoms with Crippen LogP contribution in [0, 0.1) is 0 Å². The van der Waals surface area contributed by atoms with Crippen molar-refractivity contribution in [2.24, 2.45) is 0 Å². The number of nitrogens with zero attached hydrogens (tertiary/aromatic N) is 2. The van der Waals surface area contributed by atoms with Crippen molar-refractivity contribution in [3.8, 4) is 0 Å². The molecule has 0 atom stereocenters. The van der Waals surface area contributed by atoms with Crippen LogP contribution in [0.3, 0.4) is 0 Å². The molecule has 15 heavy (non-hydrogen) atoms. The number of nitrogens with one attached hydrogen (secondary N) is 1. The molecule has 1 aromatic heterocycles. The first-order chi connectivity index (χ1) is 7.22. The third-order valence-corrected chi connectivity index (χ3v) is 2.84. The van der Waals surface area contributed by atoms with E-state index in [4.69, 9.17) is 0 Å². The molecule has 0 amide bonds. The maximum absolute atomic E-state index is 4.36. The summed E-state index contributed by atoms with van der Waals surface area (Å²) in [5.74, 6) is 1.22. The fourth-order valence-electron chi connectivity index (χ4n) is 1.32. The van der Waals surface area contributed by atoms with E-state index in [1.54, 1.807) is 0 Å². The molecule has 4 heteroatoms. The number of hydrogen-bond acceptors (Lipinski definition) is 3. The van der Waals surface area contributed by atoms with Crippen LogP contribution in [0.25, 0.3) is 0 Å². The highest BCUT2D eigenvalue weighted by molar-refractivity contribution is 7.98. The van der Waals surface area contributed by atoms with Gasteiger partial charge in [0, 0.05) is 25.3 Å². The summed E-state index contributed by atoms with van der Waals surface area (Å²) in [7, 11) is 0. The lowest BCUT2D eigenvalue weighted by atomic mass is 10.3. The van der Waals surface area contributed by atoms with Crippen LogP contribution in [0.15, 0.2) is 12.5 Å². The minimum atomic E-state index is 0.520. The Labute approximate surface area is 96.7 Å². The maximum Gasteiger partial charge on any atom is 0.0949 e. The molecule has 0 fully saturated rings. The Hall–Kier alpha value is -0.480. The monoisotopic (exact) mass is 227 g/mol. The van der Waals surface area contributed by atoms with Gasteiger partial charge in [0.25, 0.3) is 0 Å². The van der Waals surface area contributed by atoms with Gasteiger partial charge in [0.1, 0.15) is 0 Å². The van der Waals surface area contributed by atoms with Crippen molar-refractivity contribution in [1.82, 2.24) is 14.9 Å². The zero-order valence-electron chi connectivity index (χ0n) is 9.86. The summed E-state index contributed by atoms with van der Waals surface area (Å²) < 4.78 is 2.17. The number of aryl methyl sites for hydroxylation is 1. The van der Waals surface area contributed by atoms with E-state index in [1.165, 1.54) is 12.2 Å². The molecule has 0 bridgehead atoms. The topological polar surface area (TPSA) is 29.9 Å². The van der Waals surface area contributed by atoms with Crippen LogP contribution >= 0.6 is 11.8 Å². The van der Waals surface area contributed by atoms with Gasteiger partial charge in [-0.05, 0) is 18.4 Å². The van der Waals surface area contributed by atoms with Gasteiger partial charge in [-0.3, -0.25) is 0 Å². The molecule has 0 radical (unpaired) electrons. The molecular formula is C11H21N3S. The molecule has 1 rings (SSSR count). The third-order valence-electron chi connectivity index (χ3n) is 2.14. The smallest absolute Gasteiger partial charge is 0.0949 e. The molecule has 3 nitrogen and oxygen atoms in total. The number of imidazole rings is 1. The Kier molecular flexibility index (Phi) is 5.79. The summed E-state index contributed by atoms with van der Waals surface area (Å²) in [5.41, 5.74) is 1.13. The molecule has 1 N–H and O–H groups in total. The molecule has 0 spiro atoms. The molecule has 0 saturated carbocycles. The van der Waals surface area contributed by atoms with E-state index in [0.717, 1.165) is 18.8 Å². The van der Waals surface area contributed by atoms with Gasteiger partial charge in [-0.2, -0.15) is 11.8 Å². The van der Waals surface area contributed by atoms with Crippen molar-refractivity contribution in [2.45, 2.75) is 39.4 Å². The van der Waals surface area contributed by atoms with Gasteiger partial charge in [0.15, 0.2) is 0 Å². The van der Waals surface area contributed by atoms with Crippen LogP contribution in [0.2, 0.25) is 0 Å². The Morgan fingerprint density at radius 3 is 3.00 bits per heavy atom. The second kappa shape index (κ2) is 6.90. The number of rotatable bonds is 7. The van der Waals surface area contributed by atoms with Crippen molar-refractivity contribution in [1.29, 1.82) is 0 Å². The van der Waals surface area contributed by atoms with Gasteiger partial charge in [-0.1, -0.05) is 13.8 Å². The van der Waals surface area contributed by atoms with Gasteiger partial charge >= 0.3 is 0 Å². The fourth-order valence-corrected chi connectivity index (χ4v) is 1.74. The van der Waals surface area contributed by atoms with Crippen LogP contribution in [0.4, 0.5) is 0 Å². The first kappa shape index (κ1) is 12.6. The Bertz CT molecular complexity index is 271. The van der Waals surface area contributed by atoms with Gasteiger partial charge in [0.2, 0.25) is 0 Å². The first-order valence-corrected chi connectivity index (χ1v) is 6.84. The highest BCUT2D eigenvalue weighted by Gasteiger charge is 1.99. The van der Waals surface area contributed by atoms with Crippen LogP contribution in [0.5, 0.6) is 0 Å². The predicted molar refractivity (Wildman–Crippen MR) is 67.2 cm³/mol. The average Bonchev–Trinajstić information content (AvgIpc) is 2.63. The van der Waals surface area contributed by atoms with E-state index in [9.17, 15) is 0 Å². The van der Waals surface area contributed by atoms with E-state index < -0.39 is 0 Å². The summed E-state index contributed by atoms with van der Waals surface area (Å²) in [6, 6.07) is 0.520. The van der Waals surface area contributed by atoms with Crippen LogP contribution in [-0.2, 0) is 13.1 Å². The second-order valence-corrected chi connectivity index (χ2v) is 4.97. The molecule has 0 aromatic carbocycles. The maximum atomic E-state index is 4.36. The van der Waals surface area contributed by atoms with E-state index in [1.807, 2.05) is 18.1 Å². The van der Waals surface area contributed by atoms with Crippen molar-refractivity contribution in [2.75, 3.05) is 12.0 Å². The lowest BCUT2D eigenvalue weighted by molar-refractivity contribution is 0.582. The largest absolute Gasteiger partial charge is 0.337 e. The Morgan fingerprint density at radius 1 is 1.53 bits per heavy atom. The SMILES string of the molecule is CSCCCn1cnc(CNC(C)C)c1. The quantitative estimate of drug-likeness (QED) is 0.724. The van der Waals surface area contributed by atoms with Crippen molar-refractivity contribution < 1.29 is 0 Å². The van der Waals surface area contributed by atoms with Crippen LogP contribution in [0.1, 0.15) is 26.0 Å². The highest BCUT2D eigenvalue weighted by Crippen LogP contribution is 2.01. The highest BCUT2D eigenvalue weighted by atomic mass is 32.2. The van der Waals surface area contributed by atoms with Crippen molar-refractivity contribution in [3.05, 3.63) is 18.2 Å². The summed E-state index contributed by atoms with van der Waals surface area (Å²) in [5, 5.41) is 3.36. The summed E-state index contributed by atoms with van der Waals surface area (Å²) in [4.78, 5) is 4.36. The fraction of sp³-hybridized carbons (Fsp3) is 0.727. The lowest BCUT2D eigenvalue weighted by Crippen LogP contribution is -2.21. The molecule has 0 aliphatic heterocycles. The zero-order valence-corrected chi connectivity index (χ0v) is 10.7. The Morgan fingerprint density at radius 2 is 2.33 bits per heavy atom. The van der Waals surface area contributed by atoms with Crippen molar-refractivity contribution in [3.63, 3.8) is 0 Å². The van der Waals surface area contributed by atoms with Gasteiger partial charge in [0.05, 0.1) is 12.0 Å². The second-order valence-electron chi connectivity index (χ2n) is 3.98. The third kappa shape index (κ3) is 5.23. The van der Waals surface area contributed by atoms with E-state index in [0.29, 0.717) is 6.04 Å². The molecule has 1 aromatic rings. The number of aromatic nitrogens is 2. The molecule has 0 saturated heterocycles. The summed E-state index contributed by atoms with van der Waals surface area (Å²) >= 11 is 1.90. The molecule has 0 aliphatic rings. The van der Waals surface area contributed by atoms with Gasteiger partial charge in [-0.25, -0.2) is 4.98 Å². The van der Waals surface area contributed by atoms with Gasteiger partial charge < -0.3 is 9.88 Å². The molecule has 0 unspecified atom stereocenters. The molecule has 86 valence electrons. The first-order valence-electron chi connectivity index (χ1n) is 5.45. The molecular weight excluding hydrogens is 206 g/mol. The van der Waals surface area contributed by atoms with E-state index >= 15 is 0 Å². The van der Waals surface area contributed by atoms with Crippen molar-refractivity contribution >= 4 is 11.8 Å².